The Morgan fingerprint density at radius 2 is 2.36 bits per heavy atom. The van der Waals surface area contributed by atoms with Crippen LogP contribution >= 0.6 is 22.9 Å². The zero-order chi connectivity index (χ0) is 10.6. The molecule has 0 aliphatic rings. The minimum absolute atomic E-state index is 0.0325. The summed E-state index contributed by atoms with van der Waals surface area (Å²) in [6.45, 7) is 0. The fraction of sp³-hybridized carbons (Fsp3) is 0.143. The second kappa shape index (κ2) is 4.83. The van der Waals surface area contributed by atoms with Gasteiger partial charge in [-0.25, -0.2) is 4.98 Å². The molecule has 1 rings (SSSR count). The van der Waals surface area contributed by atoms with Gasteiger partial charge in [-0.15, -0.1) is 22.9 Å². The van der Waals surface area contributed by atoms with Crippen molar-refractivity contribution in [3.8, 4) is 0 Å². The van der Waals surface area contributed by atoms with Crippen LogP contribution in [0.2, 0.25) is 0 Å². The maximum atomic E-state index is 10.8. The summed E-state index contributed by atoms with van der Waals surface area (Å²) in [6.07, 6.45) is 1.18. The van der Waals surface area contributed by atoms with E-state index < -0.39 is 11.7 Å². The molecule has 1 radical (unpaired) electrons. The molecule has 1 aromatic rings. The molecule has 0 unspecified atom stereocenters. The molecule has 0 aliphatic heterocycles. The van der Waals surface area contributed by atoms with Gasteiger partial charge in [-0.2, -0.15) is 0 Å². The van der Waals surface area contributed by atoms with Crippen LogP contribution in [0, 0.1) is 0 Å². The number of Topliss-reactive ketones (excluding diaryl/α,β-unsaturated/α-hetero) is 1. The minimum Gasteiger partial charge on any atom is -0.301 e. The average molecular weight is 232 g/mol. The summed E-state index contributed by atoms with van der Waals surface area (Å²) >= 11 is 6.27. The summed E-state index contributed by atoms with van der Waals surface area (Å²) < 4.78 is 0. The lowest BCUT2D eigenvalue weighted by Gasteiger charge is -1.94. The van der Waals surface area contributed by atoms with Crippen LogP contribution in [0.25, 0.3) is 0 Å². The molecule has 14 heavy (non-hydrogen) atoms. The maximum Gasteiger partial charge on any atom is 0.279 e. The van der Waals surface area contributed by atoms with Crippen LogP contribution < -0.4 is 5.32 Å². The molecule has 5 nitrogen and oxygen atoms in total. The van der Waals surface area contributed by atoms with Crippen molar-refractivity contribution in [3.05, 3.63) is 11.1 Å². The van der Waals surface area contributed by atoms with E-state index in [9.17, 15) is 14.4 Å². The lowest BCUT2D eigenvalue weighted by atomic mass is 10.3. The van der Waals surface area contributed by atoms with Gasteiger partial charge in [-0.05, 0) is 0 Å². The molecule has 0 spiro atoms. The Labute approximate surface area is 88.1 Å². The van der Waals surface area contributed by atoms with E-state index in [1.54, 1.807) is 0 Å². The fourth-order valence-corrected chi connectivity index (χ4v) is 1.41. The second-order valence-electron chi connectivity index (χ2n) is 2.15. The van der Waals surface area contributed by atoms with Crippen molar-refractivity contribution in [2.75, 3.05) is 11.2 Å². The molecule has 0 saturated carbocycles. The molecule has 1 heterocycles. The highest BCUT2D eigenvalue weighted by molar-refractivity contribution is 7.14. The molecule has 1 amide bonds. The Morgan fingerprint density at radius 3 is 2.93 bits per heavy atom. The lowest BCUT2D eigenvalue weighted by Crippen LogP contribution is -2.12. The monoisotopic (exact) mass is 231 g/mol. The Kier molecular flexibility index (Phi) is 3.73. The van der Waals surface area contributed by atoms with Gasteiger partial charge in [0.2, 0.25) is 5.91 Å². The summed E-state index contributed by atoms with van der Waals surface area (Å²) in [5, 5.41) is 3.93. The topological polar surface area (TPSA) is 76.1 Å². The van der Waals surface area contributed by atoms with Crippen molar-refractivity contribution in [2.45, 2.75) is 0 Å². The first-order valence-corrected chi connectivity index (χ1v) is 4.82. The zero-order valence-electron chi connectivity index (χ0n) is 6.74. The van der Waals surface area contributed by atoms with E-state index in [0.29, 0.717) is 0 Å². The number of hydrogen-bond donors (Lipinski definition) is 1. The predicted octanol–water partition coefficient (Wildman–Crippen LogP) is 0.613. The fourth-order valence-electron chi connectivity index (χ4n) is 0.640. The van der Waals surface area contributed by atoms with Gasteiger partial charge < -0.3 is 5.32 Å². The molecule has 1 aromatic heterocycles. The van der Waals surface area contributed by atoms with Gasteiger partial charge in [0.05, 0.1) is 0 Å². The minimum atomic E-state index is -0.840. The molecule has 1 N–H and O–H groups in total. The number of carbonyl (C=O) groups excluding carboxylic acids is 3. The lowest BCUT2D eigenvalue weighted by molar-refractivity contribution is -0.113. The van der Waals surface area contributed by atoms with Gasteiger partial charge >= 0.3 is 0 Å². The van der Waals surface area contributed by atoms with E-state index in [1.807, 2.05) is 0 Å². The summed E-state index contributed by atoms with van der Waals surface area (Å²) in [6, 6.07) is 0. The first-order valence-electron chi connectivity index (χ1n) is 3.41. The number of ketones is 1. The van der Waals surface area contributed by atoms with Crippen LogP contribution in [0.15, 0.2) is 5.38 Å². The van der Waals surface area contributed by atoms with Crippen molar-refractivity contribution in [1.29, 1.82) is 0 Å². The van der Waals surface area contributed by atoms with Crippen LogP contribution in [-0.4, -0.2) is 28.8 Å². The van der Waals surface area contributed by atoms with E-state index in [1.165, 1.54) is 11.7 Å². The normalized spacial score (nSPS) is 9.50. The first kappa shape index (κ1) is 10.8. The molecule has 73 valence electrons. The van der Waals surface area contributed by atoms with Crippen LogP contribution in [0.3, 0.4) is 0 Å². The van der Waals surface area contributed by atoms with Crippen molar-refractivity contribution >= 4 is 46.0 Å². The number of nitrogens with one attached hydrogen (secondary N) is 1. The molecule has 7 heteroatoms. The standard InChI is InChI=1S/C7H4ClN2O3S/c8-1-6(13)10-7-9-4(3-14-7)5(12)2-11/h3H,1H2,(H,9,10,13). The number of anilines is 1. The van der Waals surface area contributed by atoms with E-state index in [-0.39, 0.29) is 16.7 Å². The van der Waals surface area contributed by atoms with Crippen LogP contribution in [0.5, 0.6) is 0 Å². The first-order chi connectivity index (χ1) is 6.67. The van der Waals surface area contributed by atoms with Gasteiger partial charge in [-0.1, -0.05) is 0 Å². The Bertz CT molecular complexity index is 377. The number of carbonyl (C=O) groups is 2. The van der Waals surface area contributed by atoms with Gasteiger partial charge in [-0.3, -0.25) is 14.4 Å². The quantitative estimate of drug-likeness (QED) is 0.468. The molecular formula is C7H4ClN2O3S. The number of alkyl halides is 1. The highest BCUT2D eigenvalue weighted by Crippen LogP contribution is 2.15. The summed E-state index contributed by atoms with van der Waals surface area (Å²) in [5.41, 5.74) is -0.0325. The molecule has 0 bridgehead atoms. The van der Waals surface area contributed by atoms with E-state index in [2.05, 4.69) is 10.3 Å². The molecule has 0 atom stereocenters. The van der Waals surface area contributed by atoms with E-state index in [4.69, 9.17) is 11.6 Å². The van der Waals surface area contributed by atoms with Crippen molar-refractivity contribution < 1.29 is 14.4 Å². The summed E-state index contributed by atoms with van der Waals surface area (Å²) in [4.78, 5) is 35.2. The molecule has 0 aromatic carbocycles. The maximum absolute atomic E-state index is 10.8. The predicted molar refractivity (Wildman–Crippen MR) is 51.5 cm³/mol. The molecule has 0 aliphatic carbocycles. The third kappa shape index (κ3) is 2.61. The largest absolute Gasteiger partial charge is 0.301 e. The van der Waals surface area contributed by atoms with Crippen molar-refractivity contribution in [2.24, 2.45) is 0 Å². The van der Waals surface area contributed by atoms with Gasteiger partial charge in [0.1, 0.15) is 11.6 Å². The Morgan fingerprint density at radius 1 is 1.64 bits per heavy atom. The highest BCUT2D eigenvalue weighted by Gasteiger charge is 2.11. The summed E-state index contributed by atoms with van der Waals surface area (Å²) in [7, 11) is 0. The number of halogens is 1. The summed E-state index contributed by atoms with van der Waals surface area (Å²) in [5.74, 6) is -1.45. The SMILES string of the molecule is O=[C]C(=O)c1csc(NC(=O)CCl)n1. The third-order valence-corrected chi connectivity index (χ3v) is 2.20. The number of aromatic nitrogens is 1. The Balaban J connectivity index is 2.73. The number of nitrogens with zero attached hydrogens (tertiary/aromatic N) is 1. The molecular weight excluding hydrogens is 228 g/mol. The van der Waals surface area contributed by atoms with Crippen LogP contribution in [0.4, 0.5) is 5.13 Å². The zero-order valence-corrected chi connectivity index (χ0v) is 8.32. The van der Waals surface area contributed by atoms with E-state index >= 15 is 0 Å². The van der Waals surface area contributed by atoms with Gasteiger partial charge in [0.15, 0.2) is 5.13 Å². The van der Waals surface area contributed by atoms with Crippen molar-refractivity contribution in [1.82, 2.24) is 4.98 Å². The third-order valence-electron chi connectivity index (χ3n) is 1.20. The highest BCUT2D eigenvalue weighted by atomic mass is 35.5. The number of hydrogen-bond acceptors (Lipinski definition) is 5. The van der Waals surface area contributed by atoms with Crippen LogP contribution in [0.1, 0.15) is 10.5 Å². The molecule has 0 saturated heterocycles. The van der Waals surface area contributed by atoms with Gasteiger partial charge in [0.25, 0.3) is 12.1 Å². The molecule has 0 fully saturated rings. The van der Waals surface area contributed by atoms with Crippen LogP contribution in [-0.2, 0) is 9.59 Å². The number of amides is 1. The van der Waals surface area contributed by atoms with Gasteiger partial charge in [0, 0.05) is 5.38 Å². The second-order valence-corrected chi connectivity index (χ2v) is 3.28. The Hall–Kier alpha value is -1.27. The van der Waals surface area contributed by atoms with Crippen molar-refractivity contribution in [3.63, 3.8) is 0 Å². The average Bonchev–Trinajstić information content (AvgIpc) is 2.65. The number of rotatable bonds is 4. The van der Waals surface area contributed by atoms with E-state index in [0.717, 1.165) is 11.3 Å². The number of thiazole rings is 1. The smallest absolute Gasteiger partial charge is 0.279 e.